The maximum atomic E-state index is 13.8. The van der Waals surface area contributed by atoms with Crippen LogP contribution in [0.15, 0.2) is 18.2 Å². The summed E-state index contributed by atoms with van der Waals surface area (Å²) in [6, 6.07) is 5.36. The van der Waals surface area contributed by atoms with Gasteiger partial charge in [0.2, 0.25) is 0 Å². The number of hydrogen-bond donors (Lipinski definition) is 0. The topological polar surface area (TPSA) is 17.8 Å². The lowest BCUT2D eigenvalue weighted by Crippen LogP contribution is -2.04. The van der Waals surface area contributed by atoms with E-state index >= 15 is 0 Å². The van der Waals surface area contributed by atoms with Crippen LogP contribution in [0.4, 0.5) is 4.39 Å². The highest BCUT2D eigenvalue weighted by molar-refractivity contribution is 5.83. The number of hydrogen-bond acceptors (Lipinski definition) is 1. The molecular weight excluding hydrogens is 203 g/mol. The van der Waals surface area contributed by atoms with Gasteiger partial charge in [-0.1, -0.05) is 26.0 Å². The molecule has 0 saturated carbocycles. The summed E-state index contributed by atoms with van der Waals surface area (Å²) in [5.41, 5.74) is 1.60. The highest BCUT2D eigenvalue weighted by atomic mass is 19.1. The van der Waals surface area contributed by atoms with E-state index in [4.69, 9.17) is 0 Å². The summed E-state index contributed by atoms with van der Waals surface area (Å²) in [6.45, 7) is 8.20. The zero-order valence-corrected chi connectivity index (χ0v) is 10.2. The maximum absolute atomic E-state index is 13.8. The van der Waals surface area contributed by atoms with Gasteiger partial charge in [-0.25, -0.2) is 4.39 Å². The van der Waals surface area contributed by atoms with Crippen LogP contribution in [0.5, 0.6) is 0 Å². The van der Waals surface area contributed by atoms with Crippen molar-refractivity contribution in [3.8, 4) is 0 Å². The second-order valence-corrected chi connectivity index (χ2v) is 4.71. The fourth-order valence-corrected chi connectivity index (χ4v) is 1.97. The molecule has 0 amide bonds. The maximum Gasteiger partial charge on any atom is 0.149 e. The molecule has 0 aliphatic rings. The van der Waals surface area contributed by atoms with Crippen LogP contribution in [0, 0.1) is 5.82 Å². The van der Waals surface area contributed by atoms with E-state index in [2.05, 4.69) is 18.9 Å². The Morgan fingerprint density at radius 1 is 1.19 bits per heavy atom. The van der Waals surface area contributed by atoms with Gasteiger partial charge in [-0.2, -0.15) is 5.10 Å². The molecule has 1 aromatic carbocycles. The molecule has 2 nitrogen and oxygen atoms in total. The first-order valence-electron chi connectivity index (χ1n) is 5.69. The second-order valence-electron chi connectivity index (χ2n) is 4.71. The van der Waals surface area contributed by atoms with Crippen LogP contribution in [0.2, 0.25) is 0 Å². The number of nitrogens with zero attached hydrogens (tertiary/aromatic N) is 2. The highest BCUT2D eigenvalue weighted by Gasteiger charge is 2.17. The minimum absolute atomic E-state index is 0.173. The van der Waals surface area contributed by atoms with Gasteiger partial charge in [-0.05, 0) is 25.8 Å². The van der Waals surface area contributed by atoms with Gasteiger partial charge in [0.1, 0.15) is 11.3 Å². The summed E-state index contributed by atoms with van der Waals surface area (Å²) in [4.78, 5) is 0. The highest BCUT2D eigenvalue weighted by Crippen LogP contribution is 2.28. The molecule has 1 aromatic heterocycles. The Bertz CT molecular complexity index is 512. The molecule has 0 radical (unpaired) electrons. The SMILES string of the molecule is CC(C)c1nn(C(C)C)c2c(F)cccc12. The molecule has 0 N–H and O–H groups in total. The smallest absolute Gasteiger partial charge is 0.149 e. The lowest BCUT2D eigenvalue weighted by molar-refractivity contribution is 0.526. The molecule has 0 bridgehead atoms. The Balaban J connectivity index is 2.82. The Kier molecular flexibility index (Phi) is 2.70. The molecule has 0 atom stereocenters. The minimum atomic E-state index is -0.189. The number of rotatable bonds is 2. The summed E-state index contributed by atoms with van der Waals surface area (Å²) in [7, 11) is 0. The second kappa shape index (κ2) is 3.89. The molecule has 0 fully saturated rings. The molecule has 0 aliphatic heterocycles. The quantitative estimate of drug-likeness (QED) is 0.751. The first-order chi connectivity index (χ1) is 7.52. The van der Waals surface area contributed by atoms with Crippen LogP contribution in [-0.4, -0.2) is 9.78 Å². The van der Waals surface area contributed by atoms with Crippen molar-refractivity contribution in [1.29, 1.82) is 0 Å². The van der Waals surface area contributed by atoms with Crippen LogP contribution in [0.3, 0.4) is 0 Å². The average Bonchev–Trinajstić information content (AvgIpc) is 2.58. The largest absolute Gasteiger partial charge is 0.259 e. The molecule has 2 rings (SSSR count). The Morgan fingerprint density at radius 2 is 1.88 bits per heavy atom. The van der Waals surface area contributed by atoms with Gasteiger partial charge in [0.05, 0.1) is 5.69 Å². The molecule has 2 aromatic rings. The van der Waals surface area contributed by atoms with E-state index in [-0.39, 0.29) is 11.9 Å². The van der Waals surface area contributed by atoms with Crippen molar-refractivity contribution < 1.29 is 4.39 Å². The van der Waals surface area contributed by atoms with Crippen LogP contribution >= 0.6 is 0 Å². The van der Waals surface area contributed by atoms with E-state index < -0.39 is 0 Å². The summed E-state index contributed by atoms with van der Waals surface area (Å²) >= 11 is 0. The van der Waals surface area contributed by atoms with Gasteiger partial charge in [-0.3, -0.25) is 4.68 Å². The first kappa shape index (κ1) is 11.1. The summed E-state index contributed by atoms with van der Waals surface area (Å²) < 4.78 is 15.6. The number of para-hydroxylation sites is 1. The van der Waals surface area contributed by atoms with Gasteiger partial charge in [-0.15, -0.1) is 0 Å². The predicted molar refractivity (Wildman–Crippen MR) is 64.2 cm³/mol. The molecule has 0 unspecified atom stereocenters. The molecule has 0 aliphatic carbocycles. The van der Waals surface area contributed by atoms with E-state index in [1.54, 1.807) is 10.7 Å². The minimum Gasteiger partial charge on any atom is -0.259 e. The molecule has 1 heterocycles. The average molecular weight is 220 g/mol. The predicted octanol–water partition coefficient (Wildman–Crippen LogP) is 3.88. The van der Waals surface area contributed by atoms with E-state index in [0.29, 0.717) is 11.4 Å². The lowest BCUT2D eigenvalue weighted by Gasteiger charge is -2.07. The molecule has 3 heteroatoms. The van der Waals surface area contributed by atoms with Gasteiger partial charge >= 0.3 is 0 Å². The monoisotopic (exact) mass is 220 g/mol. The fourth-order valence-electron chi connectivity index (χ4n) is 1.97. The van der Waals surface area contributed by atoms with Crippen molar-refractivity contribution in [2.75, 3.05) is 0 Å². The first-order valence-corrected chi connectivity index (χ1v) is 5.69. The Hall–Kier alpha value is -1.38. The zero-order chi connectivity index (χ0) is 11.9. The third-order valence-corrected chi connectivity index (χ3v) is 2.74. The third-order valence-electron chi connectivity index (χ3n) is 2.74. The number of halogens is 1. The Morgan fingerprint density at radius 3 is 2.44 bits per heavy atom. The lowest BCUT2D eigenvalue weighted by atomic mass is 10.1. The van der Waals surface area contributed by atoms with Crippen molar-refractivity contribution >= 4 is 10.9 Å². The van der Waals surface area contributed by atoms with E-state index in [0.717, 1.165) is 11.1 Å². The van der Waals surface area contributed by atoms with Crippen molar-refractivity contribution in [3.63, 3.8) is 0 Å². The molecule has 0 spiro atoms. The standard InChI is InChI=1S/C13H17FN2/c1-8(2)12-10-6-5-7-11(14)13(10)16(15-12)9(3)4/h5-9H,1-4H3. The molecule has 0 saturated heterocycles. The van der Waals surface area contributed by atoms with Gasteiger partial charge in [0.25, 0.3) is 0 Å². The molecule has 86 valence electrons. The molecule has 16 heavy (non-hydrogen) atoms. The van der Waals surface area contributed by atoms with Gasteiger partial charge in [0, 0.05) is 11.4 Å². The third kappa shape index (κ3) is 1.60. The van der Waals surface area contributed by atoms with Crippen molar-refractivity contribution in [2.45, 2.75) is 39.7 Å². The number of fused-ring (bicyclic) bond motifs is 1. The van der Waals surface area contributed by atoms with Gasteiger partial charge < -0.3 is 0 Å². The fraction of sp³-hybridized carbons (Fsp3) is 0.462. The van der Waals surface area contributed by atoms with Crippen LogP contribution in [0.1, 0.15) is 45.3 Å². The van der Waals surface area contributed by atoms with E-state index in [1.807, 2.05) is 19.9 Å². The summed E-state index contributed by atoms with van der Waals surface area (Å²) in [5.74, 6) is 0.120. The van der Waals surface area contributed by atoms with Crippen molar-refractivity contribution in [1.82, 2.24) is 9.78 Å². The molecular formula is C13H17FN2. The van der Waals surface area contributed by atoms with Crippen LogP contribution in [-0.2, 0) is 0 Å². The summed E-state index contributed by atoms with van der Waals surface area (Å²) in [5, 5.41) is 5.46. The van der Waals surface area contributed by atoms with E-state index in [9.17, 15) is 4.39 Å². The normalized spacial score (nSPS) is 11.9. The van der Waals surface area contributed by atoms with Crippen molar-refractivity contribution in [3.05, 3.63) is 29.7 Å². The van der Waals surface area contributed by atoms with Gasteiger partial charge in [0.15, 0.2) is 0 Å². The number of benzene rings is 1. The van der Waals surface area contributed by atoms with Crippen molar-refractivity contribution in [2.24, 2.45) is 0 Å². The van der Waals surface area contributed by atoms with E-state index in [1.165, 1.54) is 6.07 Å². The van der Waals surface area contributed by atoms with Crippen LogP contribution < -0.4 is 0 Å². The van der Waals surface area contributed by atoms with Crippen LogP contribution in [0.25, 0.3) is 10.9 Å². The zero-order valence-electron chi connectivity index (χ0n) is 10.2. The Labute approximate surface area is 95.1 Å². The summed E-state index contributed by atoms with van der Waals surface area (Å²) in [6.07, 6.45) is 0. The number of aromatic nitrogens is 2.